The van der Waals surface area contributed by atoms with Crippen molar-refractivity contribution < 1.29 is 4.79 Å². The first kappa shape index (κ1) is 18.0. The summed E-state index contributed by atoms with van der Waals surface area (Å²) in [5, 5.41) is 0.833. The molecule has 0 fully saturated rings. The third-order valence-corrected chi connectivity index (χ3v) is 6.28. The molecule has 4 nitrogen and oxygen atoms in total. The first-order chi connectivity index (χ1) is 13.1. The molecule has 27 heavy (non-hydrogen) atoms. The molecule has 0 bridgehead atoms. The van der Waals surface area contributed by atoms with Gasteiger partial charge in [0, 0.05) is 7.05 Å². The molecular formula is C22H23N3OS. The molecule has 1 aliphatic rings. The van der Waals surface area contributed by atoms with Gasteiger partial charge in [-0.15, -0.1) is 0 Å². The van der Waals surface area contributed by atoms with Crippen molar-refractivity contribution >= 4 is 28.7 Å². The predicted molar refractivity (Wildman–Crippen MR) is 110 cm³/mol. The number of benzene rings is 2. The highest BCUT2D eigenvalue weighted by molar-refractivity contribution is 7.99. The van der Waals surface area contributed by atoms with Crippen LogP contribution in [0.2, 0.25) is 0 Å². The smallest absolute Gasteiger partial charge is 0.233 e. The number of hydrogen-bond acceptors (Lipinski definition) is 4. The number of amides is 1. The van der Waals surface area contributed by atoms with E-state index in [4.69, 9.17) is 0 Å². The third-order valence-electron chi connectivity index (χ3n) is 5.23. The van der Waals surface area contributed by atoms with Crippen LogP contribution in [0.3, 0.4) is 0 Å². The minimum Gasteiger partial charge on any atom is -0.338 e. The first-order valence-corrected chi connectivity index (χ1v) is 10.3. The van der Waals surface area contributed by atoms with E-state index < -0.39 is 0 Å². The number of carbonyl (C=O) groups is 1. The number of rotatable bonds is 4. The van der Waals surface area contributed by atoms with Crippen molar-refractivity contribution in [1.29, 1.82) is 0 Å². The number of nitrogens with zero attached hydrogens (tertiary/aromatic N) is 3. The van der Waals surface area contributed by atoms with Crippen molar-refractivity contribution in [3.63, 3.8) is 0 Å². The molecule has 1 heterocycles. The van der Waals surface area contributed by atoms with Crippen LogP contribution in [0.4, 0.5) is 0 Å². The molecule has 2 aromatic carbocycles. The van der Waals surface area contributed by atoms with Crippen molar-refractivity contribution in [3.05, 3.63) is 65.4 Å². The maximum absolute atomic E-state index is 12.9. The highest BCUT2D eigenvalue weighted by atomic mass is 32.2. The summed E-state index contributed by atoms with van der Waals surface area (Å²) in [5.41, 5.74) is 5.30. The Morgan fingerprint density at radius 1 is 1.11 bits per heavy atom. The van der Waals surface area contributed by atoms with Gasteiger partial charge in [-0.2, -0.15) is 0 Å². The fraction of sp³-hybridized carbons (Fsp3) is 0.318. The van der Waals surface area contributed by atoms with Crippen molar-refractivity contribution in [3.8, 4) is 0 Å². The van der Waals surface area contributed by atoms with Crippen LogP contribution in [0.1, 0.15) is 35.7 Å². The first-order valence-electron chi connectivity index (χ1n) is 9.33. The largest absolute Gasteiger partial charge is 0.338 e. The lowest BCUT2D eigenvalue weighted by atomic mass is 9.87. The Hall–Kier alpha value is -2.40. The van der Waals surface area contributed by atoms with E-state index in [1.165, 1.54) is 22.9 Å². The van der Waals surface area contributed by atoms with Crippen LogP contribution < -0.4 is 0 Å². The number of thioether (sulfide) groups is 1. The average molecular weight is 378 g/mol. The standard InChI is InChI=1S/C22H23N3OS/c1-15-22(24-19-12-6-5-11-18(19)23-15)27-14-21(26)25(2)20-13-7-9-16-8-3-4-10-17(16)20/h3-6,8,10-12,20H,7,9,13-14H2,1-2H3/t20-/m0/s1. The van der Waals surface area contributed by atoms with Crippen LogP contribution in [0.5, 0.6) is 0 Å². The van der Waals surface area contributed by atoms with Gasteiger partial charge in [0.2, 0.25) is 5.91 Å². The van der Waals surface area contributed by atoms with Crippen molar-refractivity contribution in [1.82, 2.24) is 14.9 Å². The molecule has 1 aromatic heterocycles. The number of carbonyl (C=O) groups excluding carboxylic acids is 1. The molecule has 1 atom stereocenters. The minimum absolute atomic E-state index is 0.135. The molecule has 1 amide bonds. The maximum Gasteiger partial charge on any atom is 0.233 e. The number of hydrogen-bond donors (Lipinski definition) is 0. The van der Waals surface area contributed by atoms with Gasteiger partial charge in [-0.05, 0) is 49.4 Å². The highest BCUT2D eigenvalue weighted by Crippen LogP contribution is 2.34. The molecular weight excluding hydrogens is 354 g/mol. The summed E-state index contributed by atoms with van der Waals surface area (Å²) in [4.78, 5) is 24.1. The van der Waals surface area contributed by atoms with Gasteiger partial charge in [-0.3, -0.25) is 4.79 Å². The summed E-state index contributed by atoms with van der Waals surface area (Å²) in [7, 11) is 1.93. The summed E-state index contributed by atoms with van der Waals surface area (Å²) in [6, 6.07) is 16.5. The van der Waals surface area contributed by atoms with E-state index >= 15 is 0 Å². The summed E-state index contributed by atoms with van der Waals surface area (Å²) in [6.07, 6.45) is 3.26. The molecule has 0 N–H and O–H groups in total. The fourth-order valence-corrected chi connectivity index (χ4v) is 4.63. The fourth-order valence-electron chi connectivity index (χ4n) is 3.75. The van der Waals surface area contributed by atoms with Crippen LogP contribution in [0.15, 0.2) is 53.6 Å². The Morgan fingerprint density at radius 2 is 1.81 bits per heavy atom. The van der Waals surface area contributed by atoms with Gasteiger partial charge in [0.25, 0.3) is 0 Å². The highest BCUT2D eigenvalue weighted by Gasteiger charge is 2.26. The lowest BCUT2D eigenvalue weighted by Gasteiger charge is -2.33. The van der Waals surface area contributed by atoms with E-state index in [0.717, 1.165) is 41.0 Å². The normalized spacial score (nSPS) is 16.1. The molecule has 0 spiro atoms. The molecule has 0 radical (unpaired) electrons. The lowest BCUT2D eigenvalue weighted by molar-refractivity contribution is -0.129. The van der Waals surface area contributed by atoms with E-state index in [2.05, 4.69) is 34.2 Å². The van der Waals surface area contributed by atoms with Gasteiger partial charge < -0.3 is 4.90 Å². The second-order valence-corrected chi connectivity index (χ2v) is 7.97. The number of aryl methyl sites for hydroxylation is 2. The minimum atomic E-state index is 0.135. The van der Waals surface area contributed by atoms with Crippen molar-refractivity contribution in [2.75, 3.05) is 12.8 Å². The number of aromatic nitrogens is 2. The molecule has 0 saturated carbocycles. The van der Waals surface area contributed by atoms with Crippen LogP contribution in [-0.2, 0) is 11.2 Å². The van der Waals surface area contributed by atoms with Crippen molar-refractivity contribution in [2.45, 2.75) is 37.3 Å². The third kappa shape index (κ3) is 3.69. The zero-order chi connectivity index (χ0) is 18.8. The van der Waals surface area contributed by atoms with E-state index in [0.29, 0.717) is 5.75 Å². The van der Waals surface area contributed by atoms with Crippen LogP contribution >= 0.6 is 11.8 Å². The molecule has 3 aromatic rings. The average Bonchev–Trinajstić information content (AvgIpc) is 2.71. The quantitative estimate of drug-likeness (QED) is 0.625. The Bertz CT molecular complexity index is 988. The topological polar surface area (TPSA) is 46.1 Å². The molecule has 5 heteroatoms. The second-order valence-electron chi connectivity index (χ2n) is 7.00. The van der Waals surface area contributed by atoms with E-state index in [9.17, 15) is 4.79 Å². The van der Waals surface area contributed by atoms with Gasteiger partial charge in [0.05, 0.1) is 28.5 Å². The second kappa shape index (κ2) is 7.69. The Labute approximate surface area is 164 Å². The molecule has 1 aliphatic carbocycles. The summed E-state index contributed by atoms with van der Waals surface area (Å²) < 4.78 is 0. The van der Waals surface area contributed by atoms with E-state index in [-0.39, 0.29) is 11.9 Å². The van der Waals surface area contributed by atoms with E-state index in [1.54, 1.807) is 0 Å². The SMILES string of the molecule is Cc1nc2ccccc2nc1SCC(=O)N(C)[C@H]1CCCc2ccccc21. The van der Waals surface area contributed by atoms with Gasteiger partial charge in [0.1, 0.15) is 5.03 Å². The maximum atomic E-state index is 12.9. The van der Waals surface area contributed by atoms with E-state index in [1.807, 2.05) is 43.1 Å². The van der Waals surface area contributed by atoms with Crippen molar-refractivity contribution in [2.24, 2.45) is 0 Å². The van der Waals surface area contributed by atoms with Crippen LogP contribution in [0, 0.1) is 6.92 Å². The monoisotopic (exact) mass is 377 g/mol. The number of para-hydroxylation sites is 2. The summed E-state index contributed by atoms with van der Waals surface area (Å²) in [6.45, 7) is 1.95. The molecule has 0 aliphatic heterocycles. The zero-order valence-electron chi connectivity index (χ0n) is 15.7. The number of fused-ring (bicyclic) bond motifs is 2. The lowest BCUT2D eigenvalue weighted by Crippen LogP contribution is -2.34. The summed E-state index contributed by atoms with van der Waals surface area (Å²) >= 11 is 1.48. The molecule has 138 valence electrons. The molecule has 4 rings (SSSR count). The Kier molecular flexibility index (Phi) is 5.12. The van der Waals surface area contributed by atoms with Crippen LogP contribution in [-0.4, -0.2) is 33.6 Å². The predicted octanol–water partition coefficient (Wildman–Crippen LogP) is 4.57. The van der Waals surface area contributed by atoms with Gasteiger partial charge in [-0.1, -0.05) is 48.2 Å². The molecule has 0 saturated heterocycles. The van der Waals surface area contributed by atoms with Gasteiger partial charge >= 0.3 is 0 Å². The van der Waals surface area contributed by atoms with Crippen LogP contribution in [0.25, 0.3) is 11.0 Å². The summed E-state index contributed by atoms with van der Waals surface area (Å²) in [5.74, 6) is 0.513. The molecule has 0 unspecified atom stereocenters. The zero-order valence-corrected chi connectivity index (χ0v) is 16.5. The van der Waals surface area contributed by atoms with Gasteiger partial charge in [-0.25, -0.2) is 9.97 Å². The Morgan fingerprint density at radius 3 is 2.63 bits per heavy atom. The Balaban J connectivity index is 1.48. The van der Waals surface area contributed by atoms with Gasteiger partial charge in [0.15, 0.2) is 0 Å².